The lowest BCUT2D eigenvalue weighted by molar-refractivity contribution is -0.147. The van der Waals surface area contributed by atoms with Crippen LogP contribution in [-0.2, 0) is 30.4 Å². The van der Waals surface area contributed by atoms with Crippen molar-refractivity contribution in [3.8, 4) is 0 Å². The monoisotopic (exact) mass is 363 g/mol. The van der Waals surface area contributed by atoms with Gasteiger partial charge in [0.05, 0.1) is 19.1 Å². The van der Waals surface area contributed by atoms with E-state index >= 15 is 0 Å². The highest BCUT2D eigenvalue weighted by molar-refractivity contribution is 5.82. The van der Waals surface area contributed by atoms with Crippen LogP contribution < -0.4 is 5.32 Å². The van der Waals surface area contributed by atoms with E-state index in [-0.39, 0.29) is 31.0 Å². The molecule has 1 aliphatic rings. The molecule has 0 saturated heterocycles. The van der Waals surface area contributed by atoms with Crippen LogP contribution >= 0.6 is 0 Å². The van der Waals surface area contributed by atoms with Gasteiger partial charge in [-0.25, -0.2) is 9.59 Å². The van der Waals surface area contributed by atoms with Gasteiger partial charge in [0.15, 0.2) is 0 Å². The van der Waals surface area contributed by atoms with E-state index in [0.717, 1.165) is 5.56 Å². The lowest BCUT2D eigenvalue weighted by atomic mass is 10.1. The largest absolute Gasteiger partial charge is 0.466 e. The zero-order valence-electron chi connectivity index (χ0n) is 15.1. The van der Waals surface area contributed by atoms with Crippen LogP contribution in [0.25, 0.3) is 0 Å². The highest BCUT2D eigenvalue weighted by atomic mass is 16.6. The number of carbonyl (C=O) groups is 3. The Balaban J connectivity index is 1.85. The molecular formula is C19H25NO6. The van der Waals surface area contributed by atoms with Gasteiger partial charge in [0.2, 0.25) is 0 Å². The predicted octanol–water partition coefficient (Wildman–Crippen LogP) is 2.43. The SMILES string of the molecule is CCOC(=O)[C@H](C[C@@H]1C[C@@H]1C(=O)OCC)NC(=O)OCc1ccccc1. The Hall–Kier alpha value is -2.57. The van der Waals surface area contributed by atoms with E-state index in [1.807, 2.05) is 30.3 Å². The molecule has 2 rings (SSSR count). The third kappa shape index (κ3) is 6.06. The van der Waals surface area contributed by atoms with Gasteiger partial charge in [-0.05, 0) is 38.2 Å². The maximum Gasteiger partial charge on any atom is 0.408 e. The molecule has 7 nitrogen and oxygen atoms in total. The van der Waals surface area contributed by atoms with Crippen LogP contribution in [0.4, 0.5) is 4.79 Å². The molecule has 0 radical (unpaired) electrons. The number of hydrogen-bond acceptors (Lipinski definition) is 6. The number of carbonyl (C=O) groups excluding carboxylic acids is 3. The van der Waals surface area contributed by atoms with E-state index in [1.54, 1.807) is 13.8 Å². The molecule has 0 bridgehead atoms. The van der Waals surface area contributed by atoms with Crippen molar-refractivity contribution in [3.05, 3.63) is 35.9 Å². The molecule has 1 amide bonds. The fourth-order valence-corrected chi connectivity index (χ4v) is 2.71. The molecule has 0 spiro atoms. The minimum Gasteiger partial charge on any atom is -0.466 e. The molecule has 1 aromatic rings. The Morgan fingerprint density at radius 2 is 1.77 bits per heavy atom. The number of ether oxygens (including phenoxy) is 3. The van der Waals surface area contributed by atoms with Crippen molar-refractivity contribution in [2.45, 2.75) is 39.3 Å². The molecule has 1 aliphatic carbocycles. The Kier molecular flexibility index (Phi) is 7.44. The molecule has 0 aliphatic heterocycles. The van der Waals surface area contributed by atoms with Crippen LogP contribution in [0, 0.1) is 11.8 Å². The van der Waals surface area contributed by atoms with Crippen LogP contribution in [-0.4, -0.2) is 37.3 Å². The van der Waals surface area contributed by atoms with Gasteiger partial charge in [0.1, 0.15) is 12.6 Å². The Morgan fingerprint density at radius 3 is 2.42 bits per heavy atom. The second kappa shape index (κ2) is 9.79. The van der Waals surface area contributed by atoms with E-state index < -0.39 is 18.1 Å². The molecule has 0 heterocycles. The number of alkyl carbamates (subject to hydrolysis) is 1. The summed E-state index contributed by atoms with van der Waals surface area (Å²) >= 11 is 0. The second-order valence-corrected chi connectivity index (χ2v) is 6.10. The van der Waals surface area contributed by atoms with Crippen molar-refractivity contribution >= 4 is 18.0 Å². The Morgan fingerprint density at radius 1 is 1.08 bits per heavy atom. The number of hydrogen-bond donors (Lipinski definition) is 1. The first-order chi connectivity index (χ1) is 12.5. The van der Waals surface area contributed by atoms with Crippen LogP contribution in [0.15, 0.2) is 30.3 Å². The van der Waals surface area contributed by atoms with Crippen LogP contribution in [0.1, 0.15) is 32.3 Å². The lowest BCUT2D eigenvalue weighted by Crippen LogP contribution is -2.42. The van der Waals surface area contributed by atoms with Crippen molar-refractivity contribution in [2.75, 3.05) is 13.2 Å². The summed E-state index contributed by atoms with van der Waals surface area (Å²) in [7, 11) is 0. The first kappa shape index (κ1) is 19.8. The van der Waals surface area contributed by atoms with Gasteiger partial charge in [-0.1, -0.05) is 30.3 Å². The third-order valence-corrected chi connectivity index (χ3v) is 4.13. The summed E-state index contributed by atoms with van der Waals surface area (Å²) in [6, 6.07) is 8.40. The molecule has 1 fully saturated rings. The standard InChI is InChI=1S/C19H25NO6/c1-3-24-17(21)15-10-14(15)11-16(18(22)25-4-2)20-19(23)26-12-13-8-6-5-7-9-13/h5-9,14-16H,3-4,10-12H2,1-2H3,(H,20,23)/t14-,15-,16-/m0/s1. The van der Waals surface area contributed by atoms with Gasteiger partial charge < -0.3 is 19.5 Å². The summed E-state index contributed by atoms with van der Waals surface area (Å²) < 4.78 is 15.2. The minimum atomic E-state index is -0.845. The van der Waals surface area contributed by atoms with Gasteiger partial charge >= 0.3 is 18.0 Å². The van der Waals surface area contributed by atoms with E-state index in [2.05, 4.69) is 5.32 Å². The van der Waals surface area contributed by atoms with Gasteiger partial charge in [-0.3, -0.25) is 4.79 Å². The van der Waals surface area contributed by atoms with Crippen LogP contribution in [0.2, 0.25) is 0 Å². The number of benzene rings is 1. The topological polar surface area (TPSA) is 90.9 Å². The summed E-state index contributed by atoms with van der Waals surface area (Å²) in [6.07, 6.45) is 0.276. The third-order valence-electron chi connectivity index (χ3n) is 4.13. The van der Waals surface area contributed by atoms with E-state index in [4.69, 9.17) is 14.2 Å². The smallest absolute Gasteiger partial charge is 0.408 e. The maximum absolute atomic E-state index is 12.1. The highest BCUT2D eigenvalue weighted by Crippen LogP contribution is 2.43. The molecule has 142 valence electrons. The molecule has 3 atom stereocenters. The zero-order valence-corrected chi connectivity index (χ0v) is 15.1. The van der Waals surface area contributed by atoms with Crippen LogP contribution in [0.3, 0.4) is 0 Å². The van der Waals surface area contributed by atoms with Crippen molar-refractivity contribution in [2.24, 2.45) is 11.8 Å². The average Bonchev–Trinajstić information content (AvgIpc) is 3.40. The minimum absolute atomic E-state index is 0.00196. The number of rotatable bonds is 9. The number of esters is 2. The Labute approximate surface area is 153 Å². The molecule has 1 saturated carbocycles. The number of nitrogens with one attached hydrogen (secondary N) is 1. The summed E-state index contributed by atoms with van der Waals surface area (Å²) in [6.45, 7) is 4.09. The zero-order chi connectivity index (χ0) is 18.9. The molecule has 1 N–H and O–H groups in total. The summed E-state index contributed by atoms with van der Waals surface area (Å²) in [5.41, 5.74) is 0.847. The summed E-state index contributed by atoms with van der Waals surface area (Å²) in [5, 5.41) is 2.55. The lowest BCUT2D eigenvalue weighted by Gasteiger charge is -2.17. The van der Waals surface area contributed by atoms with E-state index in [0.29, 0.717) is 19.4 Å². The number of amides is 1. The Bertz CT molecular complexity index is 618. The van der Waals surface area contributed by atoms with Crippen molar-refractivity contribution < 1.29 is 28.6 Å². The molecule has 0 aromatic heterocycles. The van der Waals surface area contributed by atoms with Gasteiger partial charge in [0.25, 0.3) is 0 Å². The maximum atomic E-state index is 12.1. The molecule has 1 aromatic carbocycles. The van der Waals surface area contributed by atoms with E-state index in [1.165, 1.54) is 0 Å². The van der Waals surface area contributed by atoms with Crippen molar-refractivity contribution in [1.82, 2.24) is 5.32 Å². The average molecular weight is 363 g/mol. The normalized spacial score (nSPS) is 19.2. The summed E-state index contributed by atoms with van der Waals surface area (Å²) in [4.78, 5) is 35.9. The first-order valence-electron chi connectivity index (χ1n) is 8.85. The van der Waals surface area contributed by atoms with Gasteiger partial charge in [0, 0.05) is 0 Å². The van der Waals surface area contributed by atoms with E-state index in [9.17, 15) is 14.4 Å². The van der Waals surface area contributed by atoms with Crippen LogP contribution in [0.5, 0.6) is 0 Å². The summed E-state index contributed by atoms with van der Waals surface area (Å²) in [5.74, 6) is -1.00. The van der Waals surface area contributed by atoms with Crippen molar-refractivity contribution in [1.29, 1.82) is 0 Å². The molecule has 0 unspecified atom stereocenters. The molecule has 26 heavy (non-hydrogen) atoms. The first-order valence-corrected chi connectivity index (χ1v) is 8.85. The highest BCUT2D eigenvalue weighted by Gasteiger charge is 2.46. The fraction of sp³-hybridized carbons (Fsp3) is 0.526. The van der Waals surface area contributed by atoms with Gasteiger partial charge in [-0.15, -0.1) is 0 Å². The fourth-order valence-electron chi connectivity index (χ4n) is 2.71. The molecular weight excluding hydrogens is 338 g/mol. The predicted molar refractivity (Wildman–Crippen MR) is 93.0 cm³/mol. The quantitative estimate of drug-likeness (QED) is 0.535. The molecule has 7 heteroatoms. The van der Waals surface area contributed by atoms with Crippen molar-refractivity contribution in [3.63, 3.8) is 0 Å². The van der Waals surface area contributed by atoms with Gasteiger partial charge in [-0.2, -0.15) is 0 Å². The second-order valence-electron chi connectivity index (χ2n) is 6.10.